The number of nitrogens with one attached hydrogen (secondary N) is 1. The van der Waals surface area contributed by atoms with Gasteiger partial charge >= 0.3 is 0 Å². The normalized spacial score (nSPS) is 17.1. The molecule has 0 radical (unpaired) electrons. The van der Waals surface area contributed by atoms with Crippen LogP contribution in [-0.2, 0) is 21.2 Å². The molecule has 8 nitrogen and oxygen atoms in total. The SMILES string of the molecule is CN1C(=O)c2ccc(NC(=O)CCc3ccc(S(=O)(=O)N4CCCCCC4)cc3)cc2C1=O. The zero-order chi connectivity index (χ0) is 23.6. The minimum absolute atomic E-state index is 0.197. The van der Waals surface area contributed by atoms with Gasteiger partial charge in [-0.15, -0.1) is 0 Å². The molecule has 2 aromatic carbocycles. The molecule has 1 fully saturated rings. The van der Waals surface area contributed by atoms with Gasteiger partial charge in [-0.2, -0.15) is 4.31 Å². The van der Waals surface area contributed by atoms with E-state index in [1.807, 2.05) is 0 Å². The third kappa shape index (κ3) is 4.84. The number of aryl methyl sites for hydroxylation is 1. The van der Waals surface area contributed by atoms with Crippen LogP contribution in [0.3, 0.4) is 0 Å². The highest BCUT2D eigenvalue weighted by Gasteiger charge is 2.32. The summed E-state index contributed by atoms with van der Waals surface area (Å²) in [6.45, 7) is 1.12. The van der Waals surface area contributed by atoms with Crippen LogP contribution in [0.1, 0.15) is 58.4 Å². The molecule has 2 aromatic rings. The first-order chi connectivity index (χ1) is 15.8. The van der Waals surface area contributed by atoms with E-state index in [-0.39, 0.29) is 34.6 Å². The second kappa shape index (κ2) is 9.44. The molecule has 0 unspecified atom stereocenters. The number of amides is 3. The van der Waals surface area contributed by atoms with E-state index in [0.717, 1.165) is 36.1 Å². The first-order valence-electron chi connectivity index (χ1n) is 11.1. The van der Waals surface area contributed by atoms with Crippen molar-refractivity contribution in [1.29, 1.82) is 0 Å². The predicted octanol–water partition coefficient (Wildman–Crippen LogP) is 3.05. The molecule has 0 aromatic heterocycles. The van der Waals surface area contributed by atoms with E-state index in [1.165, 1.54) is 19.2 Å². The first-order valence-corrected chi connectivity index (χ1v) is 12.6. The highest BCUT2D eigenvalue weighted by molar-refractivity contribution is 7.89. The molecule has 0 bridgehead atoms. The van der Waals surface area contributed by atoms with E-state index >= 15 is 0 Å². The quantitative estimate of drug-likeness (QED) is 0.655. The molecule has 1 saturated heterocycles. The summed E-state index contributed by atoms with van der Waals surface area (Å²) in [6.07, 6.45) is 4.53. The van der Waals surface area contributed by atoms with E-state index < -0.39 is 10.0 Å². The van der Waals surface area contributed by atoms with Gasteiger partial charge in [0.1, 0.15) is 0 Å². The van der Waals surface area contributed by atoms with Gasteiger partial charge in [0.2, 0.25) is 15.9 Å². The Morgan fingerprint density at radius 2 is 1.55 bits per heavy atom. The molecule has 4 rings (SSSR count). The Hall–Kier alpha value is -3.04. The highest BCUT2D eigenvalue weighted by atomic mass is 32.2. The van der Waals surface area contributed by atoms with Crippen LogP contribution in [0, 0.1) is 0 Å². The molecular weight excluding hydrogens is 442 g/mol. The fraction of sp³-hybridized carbons (Fsp3) is 0.375. The number of hydrogen-bond acceptors (Lipinski definition) is 5. The largest absolute Gasteiger partial charge is 0.326 e. The Morgan fingerprint density at radius 3 is 2.21 bits per heavy atom. The number of fused-ring (bicyclic) bond motifs is 1. The lowest BCUT2D eigenvalue weighted by atomic mass is 10.1. The van der Waals surface area contributed by atoms with E-state index in [1.54, 1.807) is 34.6 Å². The van der Waals surface area contributed by atoms with Gasteiger partial charge in [-0.1, -0.05) is 25.0 Å². The molecule has 0 spiro atoms. The van der Waals surface area contributed by atoms with Gasteiger partial charge in [-0.25, -0.2) is 8.42 Å². The zero-order valence-corrected chi connectivity index (χ0v) is 19.4. The summed E-state index contributed by atoms with van der Waals surface area (Å²) in [5, 5.41) is 2.75. The number of nitrogens with zero attached hydrogens (tertiary/aromatic N) is 2. The van der Waals surface area contributed by atoms with E-state index in [4.69, 9.17) is 0 Å². The second-order valence-electron chi connectivity index (χ2n) is 8.44. The fourth-order valence-corrected chi connectivity index (χ4v) is 5.70. The molecule has 174 valence electrons. The Labute approximate surface area is 193 Å². The van der Waals surface area contributed by atoms with Crippen LogP contribution in [-0.4, -0.2) is 55.5 Å². The minimum Gasteiger partial charge on any atom is -0.326 e. The second-order valence-corrected chi connectivity index (χ2v) is 10.4. The average Bonchev–Trinajstić information content (AvgIpc) is 3.02. The summed E-state index contributed by atoms with van der Waals surface area (Å²) in [5.41, 5.74) is 1.92. The van der Waals surface area contributed by atoms with Crippen molar-refractivity contribution in [2.24, 2.45) is 0 Å². The Morgan fingerprint density at radius 1 is 0.909 bits per heavy atom. The standard InChI is InChI=1S/C24H27N3O5S/c1-26-23(29)20-12-9-18(16-21(20)24(26)30)25-22(28)13-8-17-6-10-19(11-7-17)33(31,32)27-14-4-2-3-5-15-27/h6-7,9-12,16H,2-5,8,13-15H2,1H3,(H,25,28). The van der Waals surface area contributed by atoms with Crippen LogP contribution in [0.5, 0.6) is 0 Å². The monoisotopic (exact) mass is 469 g/mol. The van der Waals surface area contributed by atoms with Crippen molar-refractivity contribution in [2.75, 3.05) is 25.5 Å². The van der Waals surface area contributed by atoms with Crippen LogP contribution < -0.4 is 5.32 Å². The zero-order valence-electron chi connectivity index (χ0n) is 18.5. The molecular formula is C24H27N3O5S. The minimum atomic E-state index is -3.49. The number of imide groups is 1. The Bertz CT molecular complexity index is 1180. The average molecular weight is 470 g/mol. The van der Waals surface area contributed by atoms with Crippen molar-refractivity contribution in [2.45, 2.75) is 43.4 Å². The number of benzene rings is 2. The molecule has 9 heteroatoms. The van der Waals surface area contributed by atoms with Gasteiger partial charge in [0.15, 0.2) is 0 Å². The summed E-state index contributed by atoms with van der Waals surface area (Å²) in [4.78, 5) is 37.8. The molecule has 0 aliphatic carbocycles. The van der Waals surface area contributed by atoms with Crippen LogP contribution in [0.4, 0.5) is 5.69 Å². The summed E-state index contributed by atoms with van der Waals surface area (Å²) < 4.78 is 27.3. The summed E-state index contributed by atoms with van der Waals surface area (Å²) in [7, 11) is -2.07. The summed E-state index contributed by atoms with van der Waals surface area (Å²) in [6, 6.07) is 11.3. The molecule has 0 atom stereocenters. The van der Waals surface area contributed by atoms with Gasteiger partial charge in [0.25, 0.3) is 11.8 Å². The topological polar surface area (TPSA) is 104 Å². The molecule has 2 heterocycles. The van der Waals surface area contributed by atoms with Crippen molar-refractivity contribution in [3.63, 3.8) is 0 Å². The maximum Gasteiger partial charge on any atom is 0.261 e. The van der Waals surface area contributed by atoms with Gasteiger partial charge < -0.3 is 5.32 Å². The maximum absolute atomic E-state index is 12.9. The lowest BCUT2D eigenvalue weighted by Gasteiger charge is -2.20. The van der Waals surface area contributed by atoms with Crippen LogP contribution in [0.25, 0.3) is 0 Å². The van der Waals surface area contributed by atoms with Crippen LogP contribution in [0.15, 0.2) is 47.4 Å². The third-order valence-electron chi connectivity index (χ3n) is 6.14. The van der Waals surface area contributed by atoms with Crippen LogP contribution in [0.2, 0.25) is 0 Å². The van der Waals surface area contributed by atoms with Crippen molar-refractivity contribution in [3.05, 3.63) is 59.2 Å². The first kappa shape index (κ1) is 23.1. The van der Waals surface area contributed by atoms with Crippen molar-refractivity contribution in [1.82, 2.24) is 9.21 Å². The summed E-state index contributed by atoms with van der Waals surface area (Å²) in [5.74, 6) is -0.975. The van der Waals surface area contributed by atoms with E-state index in [9.17, 15) is 22.8 Å². The number of sulfonamides is 1. The van der Waals surface area contributed by atoms with Crippen molar-refractivity contribution < 1.29 is 22.8 Å². The van der Waals surface area contributed by atoms with Gasteiger partial charge in [0.05, 0.1) is 16.0 Å². The molecule has 1 N–H and O–H groups in total. The van der Waals surface area contributed by atoms with Crippen molar-refractivity contribution in [3.8, 4) is 0 Å². The Kier molecular flexibility index (Phi) is 6.62. The smallest absolute Gasteiger partial charge is 0.261 e. The number of rotatable bonds is 6. The Balaban J connectivity index is 1.35. The molecule has 2 aliphatic heterocycles. The third-order valence-corrected chi connectivity index (χ3v) is 8.05. The van der Waals surface area contributed by atoms with E-state index in [2.05, 4.69) is 5.32 Å². The molecule has 0 saturated carbocycles. The van der Waals surface area contributed by atoms with Crippen molar-refractivity contribution >= 4 is 33.4 Å². The van der Waals surface area contributed by atoms with Gasteiger partial charge in [0, 0.05) is 32.2 Å². The predicted molar refractivity (Wildman–Crippen MR) is 123 cm³/mol. The molecule has 2 aliphatic rings. The summed E-state index contributed by atoms with van der Waals surface area (Å²) >= 11 is 0. The number of carbonyl (C=O) groups excluding carboxylic acids is 3. The van der Waals surface area contributed by atoms with Crippen LogP contribution >= 0.6 is 0 Å². The number of anilines is 1. The fourth-order valence-electron chi connectivity index (χ4n) is 4.18. The lowest BCUT2D eigenvalue weighted by molar-refractivity contribution is -0.116. The number of carbonyl (C=O) groups is 3. The van der Waals surface area contributed by atoms with E-state index in [0.29, 0.717) is 30.8 Å². The molecule has 3 amide bonds. The maximum atomic E-state index is 12.9. The molecule has 33 heavy (non-hydrogen) atoms. The lowest BCUT2D eigenvalue weighted by Crippen LogP contribution is -2.31. The number of hydrogen-bond donors (Lipinski definition) is 1. The van der Waals surface area contributed by atoms with Gasteiger partial charge in [-0.3, -0.25) is 19.3 Å². The van der Waals surface area contributed by atoms with Gasteiger partial charge in [-0.05, 0) is 55.2 Å². The highest BCUT2D eigenvalue weighted by Crippen LogP contribution is 2.25.